The zero-order chi connectivity index (χ0) is 13.6. The van der Waals surface area contributed by atoms with Crippen molar-refractivity contribution in [3.63, 3.8) is 0 Å². The van der Waals surface area contributed by atoms with Gasteiger partial charge in [-0.2, -0.15) is 0 Å². The highest BCUT2D eigenvalue weighted by molar-refractivity contribution is 5.33. The number of rotatable bonds is 7. The fourth-order valence-electron chi connectivity index (χ4n) is 1.96. The maximum Gasteiger partial charge on any atom is 0.269 e. The Balaban J connectivity index is 0.00000324. The molecule has 0 saturated carbocycles. The molecule has 0 bridgehead atoms. The Morgan fingerprint density at radius 3 is 2.32 bits per heavy atom. The van der Waals surface area contributed by atoms with Gasteiger partial charge in [0, 0.05) is 17.7 Å². The summed E-state index contributed by atoms with van der Waals surface area (Å²) in [6, 6.07) is 6.45. The molecule has 19 heavy (non-hydrogen) atoms. The number of likely N-dealkylation sites (N-methyl/N-ethyl adjacent to an activating group) is 1. The summed E-state index contributed by atoms with van der Waals surface area (Å²) in [5.74, 6) is 0. The molecule has 2 N–H and O–H groups in total. The average Bonchev–Trinajstić information content (AvgIpc) is 2.29. The smallest absolute Gasteiger partial charge is 0.269 e. The van der Waals surface area contributed by atoms with Crippen molar-refractivity contribution in [2.75, 3.05) is 33.4 Å². The van der Waals surface area contributed by atoms with Gasteiger partial charge < -0.3 is 27.1 Å². The second-order valence-electron chi connectivity index (χ2n) is 4.60. The van der Waals surface area contributed by atoms with Gasteiger partial charge in [0.25, 0.3) is 5.69 Å². The molecule has 1 aromatic carbocycles. The lowest BCUT2D eigenvalue weighted by atomic mass is 10.1. The standard InChI is InChI=1S/C12H19N2O4.ClH/c1-14(5-7-15,6-8-16)10-11-3-2-4-12(9-11)13(17)18;/h2-4,9,15-16H,5-8,10H2,1H3;1H/q+1;/p-1. The van der Waals surface area contributed by atoms with Crippen molar-refractivity contribution in [1.29, 1.82) is 0 Å². The third kappa shape index (κ3) is 5.52. The first kappa shape index (κ1) is 17.8. The summed E-state index contributed by atoms with van der Waals surface area (Å²) in [6.07, 6.45) is 0. The summed E-state index contributed by atoms with van der Waals surface area (Å²) in [7, 11) is 1.91. The van der Waals surface area contributed by atoms with E-state index >= 15 is 0 Å². The van der Waals surface area contributed by atoms with Crippen LogP contribution in [-0.2, 0) is 6.54 Å². The van der Waals surface area contributed by atoms with E-state index in [0.717, 1.165) is 5.56 Å². The van der Waals surface area contributed by atoms with E-state index in [0.29, 0.717) is 24.1 Å². The molecule has 0 heterocycles. The molecular weight excluding hydrogens is 272 g/mol. The highest BCUT2D eigenvalue weighted by Gasteiger charge is 2.21. The number of nitro groups is 1. The Morgan fingerprint density at radius 2 is 1.84 bits per heavy atom. The molecule has 0 aliphatic heterocycles. The molecule has 0 unspecified atom stereocenters. The van der Waals surface area contributed by atoms with Crippen LogP contribution in [0.3, 0.4) is 0 Å². The Kier molecular flexibility index (Phi) is 7.55. The van der Waals surface area contributed by atoms with Crippen LogP contribution < -0.4 is 12.4 Å². The molecule has 0 aromatic heterocycles. The zero-order valence-corrected chi connectivity index (χ0v) is 11.6. The second kappa shape index (κ2) is 8.06. The lowest BCUT2D eigenvalue weighted by Gasteiger charge is -2.33. The minimum absolute atomic E-state index is 0. The van der Waals surface area contributed by atoms with Gasteiger partial charge in [0.05, 0.1) is 25.2 Å². The van der Waals surface area contributed by atoms with Crippen molar-refractivity contribution in [2.45, 2.75) is 6.54 Å². The van der Waals surface area contributed by atoms with Crippen LogP contribution in [0.15, 0.2) is 24.3 Å². The summed E-state index contributed by atoms with van der Waals surface area (Å²) in [6.45, 7) is 1.59. The van der Waals surface area contributed by atoms with E-state index in [-0.39, 0.29) is 31.3 Å². The third-order valence-corrected chi connectivity index (χ3v) is 2.97. The van der Waals surface area contributed by atoms with E-state index in [4.69, 9.17) is 10.2 Å². The van der Waals surface area contributed by atoms with Crippen LogP contribution in [0.1, 0.15) is 5.56 Å². The number of hydrogen-bond acceptors (Lipinski definition) is 4. The molecule has 0 radical (unpaired) electrons. The number of hydrogen-bond donors (Lipinski definition) is 2. The number of aliphatic hydroxyl groups is 2. The van der Waals surface area contributed by atoms with E-state index in [1.165, 1.54) is 12.1 Å². The van der Waals surface area contributed by atoms with Gasteiger partial charge in [-0.15, -0.1) is 0 Å². The van der Waals surface area contributed by atoms with E-state index in [2.05, 4.69) is 0 Å². The van der Waals surface area contributed by atoms with Gasteiger partial charge in [0.2, 0.25) is 0 Å². The number of halogens is 1. The molecular formula is C12H19ClN2O4. The fraction of sp³-hybridized carbons (Fsp3) is 0.500. The van der Waals surface area contributed by atoms with Gasteiger partial charge in [-0.3, -0.25) is 10.1 Å². The lowest BCUT2D eigenvalue weighted by molar-refractivity contribution is -0.923. The van der Waals surface area contributed by atoms with Gasteiger partial charge in [0.15, 0.2) is 0 Å². The fourth-order valence-corrected chi connectivity index (χ4v) is 1.96. The van der Waals surface area contributed by atoms with Crippen molar-refractivity contribution in [2.24, 2.45) is 0 Å². The van der Waals surface area contributed by atoms with Gasteiger partial charge >= 0.3 is 0 Å². The topological polar surface area (TPSA) is 83.6 Å². The van der Waals surface area contributed by atoms with E-state index in [9.17, 15) is 10.1 Å². The van der Waals surface area contributed by atoms with Crippen molar-refractivity contribution >= 4 is 5.69 Å². The highest BCUT2D eigenvalue weighted by atomic mass is 35.5. The van der Waals surface area contributed by atoms with Gasteiger partial charge in [-0.05, 0) is 0 Å². The first-order chi connectivity index (χ1) is 8.50. The lowest BCUT2D eigenvalue weighted by Crippen LogP contribution is -3.00. The van der Waals surface area contributed by atoms with Crippen LogP contribution in [0.4, 0.5) is 5.69 Å². The first-order valence-corrected chi connectivity index (χ1v) is 5.79. The van der Waals surface area contributed by atoms with Crippen molar-refractivity contribution < 1.29 is 32.0 Å². The number of aliphatic hydroxyl groups excluding tert-OH is 2. The monoisotopic (exact) mass is 290 g/mol. The molecule has 0 aliphatic rings. The van der Waals surface area contributed by atoms with Crippen molar-refractivity contribution in [3.8, 4) is 0 Å². The van der Waals surface area contributed by atoms with E-state index in [1.807, 2.05) is 13.1 Å². The summed E-state index contributed by atoms with van der Waals surface area (Å²) < 4.78 is 0.453. The Bertz CT molecular complexity index is 408. The van der Waals surface area contributed by atoms with Crippen LogP contribution >= 0.6 is 0 Å². The number of nitro benzene ring substituents is 1. The number of benzene rings is 1. The average molecular weight is 291 g/mol. The van der Waals surface area contributed by atoms with Crippen LogP contribution in [0.2, 0.25) is 0 Å². The van der Waals surface area contributed by atoms with E-state index in [1.54, 1.807) is 6.07 Å². The van der Waals surface area contributed by atoms with Crippen molar-refractivity contribution in [1.82, 2.24) is 0 Å². The summed E-state index contributed by atoms with van der Waals surface area (Å²) in [5, 5.41) is 28.8. The summed E-state index contributed by atoms with van der Waals surface area (Å²) >= 11 is 0. The van der Waals surface area contributed by atoms with Gasteiger partial charge in [-0.25, -0.2) is 0 Å². The Morgan fingerprint density at radius 1 is 1.26 bits per heavy atom. The Hall–Kier alpha value is -1.21. The number of non-ortho nitro benzene ring substituents is 1. The van der Waals surface area contributed by atoms with Crippen LogP contribution in [-0.4, -0.2) is 53.0 Å². The molecule has 0 saturated heterocycles. The summed E-state index contributed by atoms with van der Waals surface area (Å²) in [5.41, 5.74) is 0.889. The first-order valence-electron chi connectivity index (χ1n) is 5.79. The molecule has 0 atom stereocenters. The molecule has 7 heteroatoms. The molecule has 0 amide bonds. The predicted octanol–water partition coefficient (Wildman–Crippen LogP) is -2.47. The minimum atomic E-state index is -0.425. The molecule has 6 nitrogen and oxygen atoms in total. The minimum Gasteiger partial charge on any atom is -1.00 e. The molecule has 0 fully saturated rings. The maximum atomic E-state index is 10.7. The highest BCUT2D eigenvalue weighted by Crippen LogP contribution is 2.17. The van der Waals surface area contributed by atoms with Crippen LogP contribution in [0.25, 0.3) is 0 Å². The normalized spacial score (nSPS) is 10.9. The van der Waals surface area contributed by atoms with Crippen LogP contribution in [0.5, 0.6) is 0 Å². The quantitative estimate of drug-likeness (QED) is 0.331. The van der Waals surface area contributed by atoms with Gasteiger partial charge in [0.1, 0.15) is 19.6 Å². The largest absolute Gasteiger partial charge is 1.00 e. The number of nitrogens with zero attached hydrogens (tertiary/aromatic N) is 2. The maximum absolute atomic E-state index is 10.7. The van der Waals surface area contributed by atoms with Gasteiger partial charge in [-0.1, -0.05) is 12.1 Å². The molecule has 0 aliphatic carbocycles. The number of quaternary nitrogens is 1. The van der Waals surface area contributed by atoms with E-state index < -0.39 is 4.92 Å². The Labute approximate surface area is 118 Å². The predicted molar refractivity (Wildman–Crippen MR) is 66.9 cm³/mol. The van der Waals surface area contributed by atoms with Crippen LogP contribution in [0, 0.1) is 10.1 Å². The molecule has 108 valence electrons. The third-order valence-electron chi connectivity index (χ3n) is 2.97. The molecule has 1 rings (SSSR count). The molecule has 0 spiro atoms. The second-order valence-corrected chi connectivity index (χ2v) is 4.60. The SMILES string of the molecule is C[N+](CCO)(CCO)Cc1cccc([N+](=O)[O-])c1.[Cl-]. The van der Waals surface area contributed by atoms with Crippen molar-refractivity contribution in [3.05, 3.63) is 39.9 Å². The zero-order valence-electron chi connectivity index (χ0n) is 10.8. The summed E-state index contributed by atoms with van der Waals surface area (Å²) in [4.78, 5) is 10.3. The molecule has 1 aromatic rings.